The van der Waals surface area contributed by atoms with Gasteiger partial charge in [-0.3, -0.25) is 4.79 Å². The van der Waals surface area contributed by atoms with E-state index in [1.54, 1.807) is 41.3 Å². The van der Waals surface area contributed by atoms with Gasteiger partial charge in [-0.2, -0.15) is 5.10 Å². The van der Waals surface area contributed by atoms with Crippen molar-refractivity contribution < 1.29 is 14.7 Å². The van der Waals surface area contributed by atoms with E-state index < -0.39 is 12.0 Å². The number of nitrogens with one attached hydrogen (secondary N) is 1. The number of aliphatic carboxylic acids is 1. The minimum atomic E-state index is -1.02. The van der Waals surface area contributed by atoms with Gasteiger partial charge in [0.1, 0.15) is 6.04 Å². The van der Waals surface area contributed by atoms with Crippen LogP contribution in [0, 0.1) is 5.92 Å². The number of amides is 1. The highest BCUT2D eigenvalue weighted by Gasteiger charge is 2.21. The van der Waals surface area contributed by atoms with Crippen molar-refractivity contribution in [2.45, 2.75) is 26.3 Å². The molecule has 0 aliphatic rings. The van der Waals surface area contributed by atoms with Gasteiger partial charge in [0, 0.05) is 18.0 Å². The number of hydrogen-bond donors (Lipinski definition) is 2. The van der Waals surface area contributed by atoms with Gasteiger partial charge < -0.3 is 10.4 Å². The highest BCUT2D eigenvalue weighted by atomic mass is 16.4. The second-order valence-electron chi connectivity index (χ2n) is 5.49. The summed E-state index contributed by atoms with van der Waals surface area (Å²) in [5.74, 6) is -1.22. The summed E-state index contributed by atoms with van der Waals surface area (Å²) in [5.41, 5.74) is 1.25. The summed E-state index contributed by atoms with van der Waals surface area (Å²) in [4.78, 5) is 23.3. The summed E-state index contributed by atoms with van der Waals surface area (Å²) in [6.07, 6.45) is 3.87. The molecule has 2 rings (SSSR count). The number of aromatic nitrogens is 2. The molecule has 1 heterocycles. The first kappa shape index (κ1) is 15.8. The molecule has 2 aromatic rings. The second-order valence-corrected chi connectivity index (χ2v) is 5.49. The van der Waals surface area contributed by atoms with Gasteiger partial charge in [-0.25, -0.2) is 9.48 Å². The maximum absolute atomic E-state index is 12.1. The number of carbonyl (C=O) groups excluding carboxylic acids is 1. The smallest absolute Gasteiger partial charge is 0.326 e. The fourth-order valence-corrected chi connectivity index (χ4v) is 2.12. The highest BCUT2D eigenvalue weighted by molar-refractivity contribution is 5.96. The summed E-state index contributed by atoms with van der Waals surface area (Å²) < 4.78 is 1.68. The first-order valence-electron chi connectivity index (χ1n) is 7.11. The Morgan fingerprint density at radius 3 is 2.45 bits per heavy atom. The normalized spacial score (nSPS) is 12.1. The minimum absolute atomic E-state index is 0.184. The summed E-state index contributed by atoms with van der Waals surface area (Å²) in [6.45, 7) is 3.84. The van der Waals surface area contributed by atoms with E-state index in [2.05, 4.69) is 10.4 Å². The van der Waals surface area contributed by atoms with Crippen molar-refractivity contribution >= 4 is 11.9 Å². The lowest BCUT2D eigenvalue weighted by Crippen LogP contribution is -2.41. The first-order valence-corrected chi connectivity index (χ1v) is 7.11. The van der Waals surface area contributed by atoms with E-state index in [9.17, 15) is 9.59 Å². The molecule has 0 fully saturated rings. The monoisotopic (exact) mass is 301 g/mol. The molecule has 0 saturated carbocycles. The number of benzene rings is 1. The molecule has 22 heavy (non-hydrogen) atoms. The lowest BCUT2D eigenvalue weighted by Gasteiger charge is -2.16. The fraction of sp³-hybridized carbons (Fsp3) is 0.312. The molecule has 6 nitrogen and oxygen atoms in total. The number of rotatable bonds is 6. The summed E-state index contributed by atoms with van der Waals surface area (Å²) >= 11 is 0. The third-order valence-electron chi connectivity index (χ3n) is 3.21. The van der Waals surface area contributed by atoms with Crippen LogP contribution in [0.4, 0.5) is 0 Å². The van der Waals surface area contributed by atoms with Crippen molar-refractivity contribution in [2.75, 3.05) is 0 Å². The average Bonchev–Trinajstić information content (AvgIpc) is 3.00. The van der Waals surface area contributed by atoms with E-state index in [1.165, 1.54) is 0 Å². The zero-order valence-electron chi connectivity index (χ0n) is 12.6. The Morgan fingerprint density at radius 2 is 1.95 bits per heavy atom. The molecule has 0 aliphatic heterocycles. The van der Waals surface area contributed by atoms with Gasteiger partial charge in [0.05, 0.1) is 5.69 Å². The van der Waals surface area contributed by atoms with Crippen LogP contribution in [-0.2, 0) is 4.79 Å². The Hall–Kier alpha value is -2.63. The van der Waals surface area contributed by atoms with Crippen LogP contribution in [0.2, 0.25) is 0 Å². The molecule has 1 atom stereocenters. The molecule has 6 heteroatoms. The maximum atomic E-state index is 12.1. The first-order chi connectivity index (χ1) is 10.5. The van der Waals surface area contributed by atoms with Crippen molar-refractivity contribution in [1.29, 1.82) is 0 Å². The van der Waals surface area contributed by atoms with E-state index in [-0.39, 0.29) is 11.8 Å². The molecular formula is C16H19N3O3. The van der Waals surface area contributed by atoms with E-state index in [1.807, 2.05) is 19.9 Å². The average molecular weight is 301 g/mol. The Kier molecular flexibility index (Phi) is 4.93. The Bertz CT molecular complexity index is 633. The van der Waals surface area contributed by atoms with E-state index in [0.29, 0.717) is 12.0 Å². The Balaban J connectivity index is 2.07. The maximum Gasteiger partial charge on any atom is 0.326 e. The highest BCUT2D eigenvalue weighted by Crippen LogP contribution is 2.10. The summed E-state index contributed by atoms with van der Waals surface area (Å²) in [7, 11) is 0. The van der Waals surface area contributed by atoms with Crippen LogP contribution in [0.5, 0.6) is 0 Å². The minimum Gasteiger partial charge on any atom is -0.480 e. The topological polar surface area (TPSA) is 84.2 Å². The Labute approximate surface area is 128 Å². The third-order valence-corrected chi connectivity index (χ3v) is 3.21. The van der Waals surface area contributed by atoms with Gasteiger partial charge in [-0.15, -0.1) is 0 Å². The quantitative estimate of drug-likeness (QED) is 0.855. The van der Waals surface area contributed by atoms with Crippen LogP contribution in [0.1, 0.15) is 30.6 Å². The standard InChI is InChI=1S/C16H19N3O3/c1-11(2)10-14(16(21)22)18-15(20)12-4-6-13(7-5-12)19-9-3-8-17-19/h3-9,11,14H,10H2,1-2H3,(H,18,20)(H,21,22). The van der Waals surface area contributed by atoms with Crippen LogP contribution in [-0.4, -0.2) is 32.8 Å². The zero-order chi connectivity index (χ0) is 16.1. The number of hydrogen-bond acceptors (Lipinski definition) is 3. The van der Waals surface area contributed by atoms with Crippen LogP contribution in [0.3, 0.4) is 0 Å². The van der Waals surface area contributed by atoms with Crippen LogP contribution >= 0.6 is 0 Å². The number of nitrogens with zero attached hydrogens (tertiary/aromatic N) is 2. The van der Waals surface area contributed by atoms with Gasteiger partial charge in [0.2, 0.25) is 0 Å². The number of carboxylic acids is 1. The zero-order valence-corrected chi connectivity index (χ0v) is 12.6. The SMILES string of the molecule is CC(C)CC(NC(=O)c1ccc(-n2cccn2)cc1)C(=O)O. The molecule has 1 aromatic carbocycles. The predicted octanol–water partition coefficient (Wildman–Crippen LogP) is 2.10. The van der Waals surface area contributed by atoms with E-state index in [4.69, 9.17) is 5.11 Å². The summed E-state index contributed by atoms with van der Waals surface area (Å²) in [5, 5.41) is 15.8. The molecule has 2 N–H and O–H groups in total. The molecule has 0 spiro atoms. The molecule has 116 valence electrons. The molecule has 0 radical (unpaired) electrons. The van der Waals surface area contributed by atoms with Crippen LogP contribution in [0.15, 0.2) is 42.7 Å². The van der Waals surface area contributed by atoms with E-state index in [0.717, 1.165) is 5.69 Å². The van der Waals surface area contributed by atoms with E-state index >= 15 is 0 Å². The largest absolute Gasteiger partial charge is 0.480 e. The van der Waals surface area contributed by atoms with Crippen molar-refractivity contribution in [3.05, 3.63) is 48.3 Å². The van der Waals surface area contributed by atoms with Gasteiger partial charge in [-0.05, 0) is 42.7 Å². The molecule has 1 unspecified atom stereocenters. The van der Waals surface area contributed by atoms with Gasteiger partial charge in [-0.1, -0.05) is 13.8 Å². The molecule has 1 aromatic heterocycles. The van der Waals surface area contributed by atoms with Crippen LogP contribution in [0.25, 0.3) is 5.69 Å². The molecular weight excluding hydrogens is 282 g/mol. The van der Waals surface area contributed by atoms with Gasteiger partial charge >= 0.3 is 5.97 Å². The third kappa shape index (κ3) is 3.94. The summed E-state index contributed by atoms with van der Waals surface area (Å²) in [6, 6.07) is 7.77. The predicted molar refractivity (Wildman–Crippen MR) is 81.9 cm³/mol. The van der Waals surface area contributed by atoms with Crippen molar-refractivity contribution in [2.24, 2.45) is 5.92 Å². The lowest BCUT2D eigenvalue weighted by atomic mass is 10.0. The molecule has 0 saturated heterocycles. The molecule has 1 amide bonds. The molecule has 0 aliphatic carbocycles. The second kappa shape index (κ2) is 6.89. The van der Waals surface area contributed by atoms with Crippen molar-refractivity contribution in [3.8, 4) is 5.69 Å². The number of carboxylic acid groups (broad SMARTS) is 1. The fourth-order valence-electron chi connectivity index (χ4n) is 2.12. The van der Waals surface area contributed by atoms with Gasteiger partial charge in [0.15, 0.2) is 0 Å². The molecule has 0 bridgehead atoms. The van der Waals surface area contributed by atoms with Crippen molar-refractivity contribution in [1.82, 2.24) is 15.1 Å². The van der Waals surface area contributed by atoms with Gasteiger partial charge in [0.25, 0.3) is 5.91 Å². The van der Waals surface area contributed by atoms with Crippen LogP contribution < -0.4 is 5.32 Å². The van der Waals surface area contributed by atoms with Crippen molar-refractivity contribution in [3.63, 3.8) is 0 Å². The number of carbonyl (C=O) groups is 2. The Morgan fingerprint density at radius 1 is 1.27 bits per heavy atom. The lowest BCUT2D eigenvalue weighted by molar-refractivity contribution is -0.139.